The lowest BCUT2D eigenvalue weighted by Crippen LogP contribution is -2.55. The Morgan fingerprint density at radius 1 is 1.10 bits per heavy atom. The van der Waals surface area contributed by atoms with Crippen LogP contribution < -0.4 is 16.0 Å². The molecule has 164 valence electrons. The molecule has 0 bridgehead atoms. The summed E-state index contributed by atoms with van der Waals surface area (Å²) in [6.45, 7) is 13.1. The molecular weight excluding hydrogens is 403 g/mol. The third-order valence-electron chi connectivity index (χ3n) is 4.41. The molecule has 2 atom stereocenters. The highest BCUT2D eigenvalue weighted by atomic mass is 32.1. The summed E-state index contributed by atoms with van der Waals surface area (Å²) in [6.07, 6.45) is 0. The molecule has 0 saturated carbocycles. The van der Waals surface area contributed by atoms with Crippen molar-refractivity contribution in [3.05, 3.63) is 40.7 Å². The molecule has 3 N–H and O–H groups in total. The van der Waals surface area contributed by atoms with E-state index in [2.05, 4.69) is 20.9 Å². The molecule has 0 saturated heterocycles. The number of aryl methyl sites for hydroxylation is 1. The summed E-state index contributed by atoms with van der Waals surface area (Å²) in [5, 5.41) is 9.10. The molecule has 3 amide bonds. The maximum Gasteiger partial charge on any atom is 0.315 e. The van der Waals surface area contributed by atoms with Crippen molar-refractivity contribution >= 4 is 23.3 Å². The topological polar surface area (TPSA) is 83.1 Å². The van der Waals surface area contributed by atoms with Crippen LogP contribution in [0.15, 0.2) is 24.3 Å². The Balaban J connectivity index is 2.13. The van der Waals surface area contributed by atoms with Gasteiger partial charge in [-0.05, 0) is 52.7 Å². The number of urea groups is 1. The van der Waals surface area contributed by atoms with Gasteiger partial charge in [0.15, 0.2) is 0 Å². The normalized spacial score (nSPS) is 13.6. The molecule has 2 aromatic rings. The molecule has 30 heavy (non-hydrogen) atoms. The lowest BCUT2D eigenvalue weighted by molar-refractivity contribution is -0.124. The zero-order chi connectivity index (χ0) is 22.6. The van der Waals surface area contributed by atoms with Gasteiger partial charge >= 0.3 is 6.03 Å². The Morgan fingerprint density at radius 2 is 1.73 bits per heavy atom. The number of rotatable bonds is 6. The fraction of sp³-hybridized carbons (Fsp3) is 0.500. The van der Waals surface area contributed by atoms with Gasteiger partial charge in [-0.1, -0.05) is 26.0 Å². The Labute approximate surface area is 181 Å². The van der Waals surface area contributed by atoms with Crippen LogP contribution >= 0.6 is 11.3 Å². The lowest BCUT2D eigenvalue weighted by atomic mass is 10.0. The monoisotopic (exact) mass is 434 g/mol. The number of aromatic nitrogens is 1. The van der Waals surface area contributed by atoms with Crippen molar-refractivity contribution in [3.8, 4) is 10.6 Å². The highest BCUT2D eigenvalue weighted by molar-refractivity contribution is 7.15. The van der Waals surface area contributed by atoms with E-state index in [-0.39, 0.29) is 29.7 Å². The quantitative estimate of drug-likeness (QED) is 0.623. The van der Waals surface area contributed by atoms with Gasteiger partial charge in [-0.15, -0.1) is 11.3 Å². The predicted molar refractivity (Wildman–Crippen MR) is 119 cm³/mol. The van der Waals surface area contributed by atoms with Crippen molar-refractivity contribution in [1.82, 2.24) is 20.9 Å². The van der Waals surface area contributed by atoms with Crippen molar-refractivity contribution in [1.29, 1.82) is 0 Å². The van der Waals surface area contributed by atoms with E-state index in [4.69, 9.17) is 0 Å². The zero-order valence-corrected chi connectivity index (χ0v) is 19.4. The molecule has 1 aromatic heterocycles. The Morgan fingerprint density at radius 3 is 2.30 bits per heavy atom. The first-order valence-corrected chi connectivity index (χ1v) is 10.8. The highest BCUT2D eigenvalue weighted by Crippen LogP contribution is 2.33. The summed E-state index contributed by atoms with van der Waals surface area (Å²) in [4.78, 5) is 30.5. The van der Waals surface area contributed by atoms with Gasteiger partial charge in [0.25, 0.3) is 0 Å². The molecule has 0 fully saturated rings. The van der Waals surface area contributed by atoms with E-state index in [1.54, 1.807) is 18.2 Å². The van der Waals surface area contributed by atoms with Gasteiger partial charge in [0.05, 0.1) is 16.6 Å². The zero-order valence-electron chi connectivity index (χ0n) is 18.6. The molecule has 0 aliphatic rings. The van der Waals surface area contributed by atoms with E-state index in [1.165, 1.54) is 17.4 Å². The van der Waals surface area contributed by atoms with Crippen LogP contribution in [-0.4, -0.2) is 28.5 Å². The summed E-state index contributed by atoms with van der Waals surface area (Å²) in [5.41, 5.74) is 0.777. The van der Waals surface area contributed by atoms with Crippen LogP contribution in [0.1, 0.15) is 58.2 Å². The third kappa shape index (κ3) is 6.26. The molecule has 6 nitrogen and oxygen atoms in total. The maximum atomic E-state index is 14.1. The molecule has 0 spiro atoms. The molecule has 0 aliphatic carbocycles. The minimum atomic E-state index is -0.686. The first-order valence-electron chi connectivity index (χ1n) is 10.0. The molecule has 2 rings (SSSR count). The first-order chi connectivity index (χ1) is 13.9. The van der Waals surface area contributed by atoms with Crippen LogP contribution in [0.2, 0.25) is 0 Å². The number of nitrogens with zero attached hydrogens (tertiary/aromatic N) is 1. The highest BCUT2D eigenvalue weighted by Gasteiger charge is 2.28. The van der Waals surface area contributed by atoms with Gasteiger partial charge in [-0.2, -0.15) is 0 Å². The lowest BCUT2D eigenvalue weighted by Gasteiger charge is -2.27. The van der Waals surface area contributed by atoms with Gasteiger partial charge in [0.2, 0.25) is 5.91 Å². The second-order valence-electron chi connectivity index (χ2n) is 8.75. The molecular formula is C22H31FN4O2S. The van der Waals surface area contributed by atoms with Crippen LogP contribution in [-0.2, 0) is 4.79 Å². The van der Waals surface area contributed by atoms with Crippen LogP contribution in [0.4, 0.5) is 9.18 Å². The van der Waals surface area contributed by atoms with E-state index in [0.717, 1.165) is 10.6 Å². The van der Waals surface area contributed by atoms with Crippen LogP contribution in [0, 0.1) is 18.7 Å². The van der Waals surface area contributed by atoms with E-state index in [0.29, 0.717) is 10.6 Å². The number of thiazole rings is 1. The third-order valence-corrected chi connectivity index (χ3v) is 5.79. The predicted octanol–water partition coefficient (Wildman–Crippen LogP) is 4.56. The minimum Gasteiger partial charge on any atom is -0.347 e. The van der Waals surface area contributed by atoms with E-state index in [1.807, 2.05) is 48.5 Å². The van der Waals surface area contributed by atoms with Gasteiger partial charge in [0.1, 0.15) is 16.9 Å². The number of halogens is 1. The van der Waals surface area contributed by atoms with Gasteiger partial charge in [0, 0.05) is 11.1 Å². The maximum absolute atomic E-state index is 14.1. The fourth-order valence-electron chi connectivity index (χ4n) is 2.98. The van der Waals surface area contributed by atoms with Crippen molar-refractivity contribution in [2.24, 2.45) is 5.92 Å². The smallest absolute Gasteiger partial charge is 0.315 e. The summed E-state index contributed by atoms with van der Waals surface area (Å²) >= 11 is 1.35. The number of carbonyl (C=O) groups excluding carboxylic acids is 2. The number of hydrogen-bond acceptors (Lipinski definition) is 4. The molecule has 1 heterocycles. The van der Waals surface area contributed by atoms with Crippen molar-refractivity contribution in [3.63, 3.8) is 0 Å². The number of benzene rings is 1. The second-order valence-corrected chi connectivity index (χ2v) is 9.78. The molecule has 8 heteroatoms. The summed E-state index contributed by atoms with van der Waals surface area (Å²) in [5.74, 6) is -0.704. The molecule has 1 aromatic carbocycles. The largest absolute Gasteiger partial charge is 0.347 e. The number of carbonyl (C=O) groups is 2. The van der Waals surface area contributed by atoms with Gasteiger partial charge < -0.3 is 16.0 Å². The van der Waals surface area contributed by atoms with E-state index >= 15 is 0 Å². The minimum absolute atomic E-state index is 0.0977. The van der Waals surface area contributed by atoms with Crippen LogP contribution in [0.3, 0.4) is 0 Å². The summed E-state index contributed by atoms with van der Waals surface area (Å²) in [7, 11) is 0. The van der Waals surface area contributed by atoms with Crippen LogP contribution in [0.5, 0.6) is 0 Å². The first kappa shape index (κ1) is 23.8. The van der Waals surface area contributed by atoms with Crippen molar-refractivity contribution < 1.29 is 14.0 Å². The number of amides is 3. The Kier molecular flexibility index (Phi) is 7.58. The molecule has 0 aliphatic heterocycles. The van der Waals surface area contributed by atoms with E-state index in [9.17, 15) is 14.0 Å². The average Bonchev–Trinajstić information content (AvgIpc) is 2.99. The SMILES string of the molecule is Cc1nc(-c2ccccc2F)sc1C(C)NC(=O)[C@@H](NC(=O)NC(C)(C)C)C(C)C. The number of hydrogen-bond donors (Lipinski definition) is 3. The van der Waals surface area contributed by atoms with Crippen molar-refractivity contribution in [2.45, 2.75) is 66.1 Å². The standard InChI is InChI=1S/C22H31FN4O2S/c1-12(2)17(26-21(29)27-22(5,6)7)19(28)24-13(3)18-14(4)25-20(30-18)15-10-8-9-11-16(15)23/h8-13,17H,1-7H3,(H,24,28)(H2,26,27,29)/t13?,17-/m0/s1. The second kappa shape index (κ2) is 9.55. The Bertz CT molecular complexity index is 905. The average molecular weight is 435 g/mol. The Hall–Kier alpha value is -2.48. The fourth-order valence-corrected chi connectivity index (χ4v) is 4.08. The number of nitrogens with one attached hydrogen (secondary N) is 3. The molecule has 1 unspecified atom stereocenters. The molecule has 0 radical (unpaired) electrons. The van der Waals surface area contributed by atoms with Gasteiger partial charge in [-0.25, -0.2) is 14.2 Å². The summed E-state index contributed by atoms with van der Waals surface area (Å²) in [6, 6.07) is 5.09. The van der Waals surface area contributed by atoms with Gasteiger partial charge in [-0.3, -0.25) is 4.79 Å². The van der Waals surface area contributed by atoms with Crippen molar-refractivity contribution in [2.75, 3.05) is 0 Å². The summed E-state index contributed by atoms with van der Waals surface area (Å²) < 4.78 is 14.1. The van der Waals surface area contributed by atoms with E-state index < -0.39 is 11.6 Å². The van der Waals surface area contributed by atoms with Crippen LogP contribution in [0.25, 0.3) is 10.6 Å².